The van der Waals surface area contributed by atoms with E-state index in [9.17, 15) is 24.8 Å². The molecular weight excluding hydrogens is 216 g/mol. The predicted octanol–water partition coefficient (Wildman–Crippen LogP) is -0.0833. The van der Waals surface area contributed by atoms with Gasteiger partial charge in [0.05, 0.1) is 10.9 Å². The fourth-order valence-electron chi connectivity index (χ4n) is 1.11. The lowest BCUT2D eigenvalue weighted by atomic mass is 10.1. The summed E-state index contributed by atoms with van der Waals surface area (Å²) in [5, 5.41) is 23.3. The van der Waals surface area contributed by atoms with Gasteiger partial charge in [-0.25, -0.2) is 0 Å². The van der Waals surface area contributed by atoms with Crippen LogP contribution >= 0.6 is 0 Å². The fraction of sp³-hybridized carbons (Fsp3) is 0.111. The average Bonchev–Trinajstić information content (AvgIpc) is 2.16. The number of amides is 1. The van der Waals surface area contributed by atoms with E-state index in [-0.39, 0.29) is 11.3 Å². The lowest BCUT2D eigenvalue weighted by Crippen LogP contribution is -2.22. The van der Waals surface area contributed by atoms with Crippen molar-refractivity contribution in [3.8, 4) is 0 Å². The van der Waals surface area contributed by atoms with Crippen molar-refractivity contribution in [2.75, 3.05) is 5.32 Å². The first-order chi connectivity index (χ1) is 7.41. The van der Waals surface area contributed by atoms with Crippen molar-refractivity contribution in [3.63, 3.8) is 0 Å². The number of hydrogen-bond donors (Lipinski definition) is 1. The molecule has 0 radical (unpaired) electrons. The molecule has 7 heteroatoms. The summed E-state index contributed by atoms with van der Waals surface area (Å²) in [7, 11) is 0. The molecule has 0 aliphatic rings. The number of carboxylic acids is 1. The van der Waals surface area contributed by atoms with E-state index in [1.807, 2.05) is 0 Å². The Bertz CT molecular complexity index is 469. The third-order valence-corrected chi connectivity index (χ3v) is 1.74. The Labute approximate surface area is 89.8 Å². The van der Waals surface area contributed by atoms with E-state index in [1.54, 1.807) is 0 Å². The Hall–Kier alpha value is -2.44. The zero-order chi connectivity index (χ0) is 12.3. The van der Waals surface area contributed by atoms with E-state index in [0.29, 0.717) is 0 Å². The number of carboxylic acid groups (broad SMARTS) is 1. The Morgan fingerprint density at radius 1 is 1.38 bits per heavy atom. The molecule has 0 unspecified atom stereocenters. The summed E-state index contributed by atoms with van der Waals surface area (Å²) in [6.45, 7) is 1.19. The third-order valence-electron chi connectivity index (χ3n) is 1.74. The van der Waals surface area contributed by atoms with E-state index < -0.39 is 22.5 Å². The highest BCUT2D eigenvalue weighted by Crippen LogP contribution is 2.25. The molecule has 16 heavy (non-hydrogen) atoms. The highest BCUT2D eigenvalue weighted by atomic mass is 16.6. The quantitative estimate of drug-likeness (QED) is 0.568. The number of aromatic carboxylic acids is 1. The highest BCUT2D eigenvalue weighted by Gasteiger charge is 2.15. The van der Waals surface area contributed by atoms with Crippen molar-refractivity contribution >= 4 is 23.3 Å². The summed E-state index contributed by atoms with van der Waals surface area (Å²) in [5.41, 5.74) is -0.861. The van der Waals surface area contributed by atoms with Crippen LogP contribution in [-0.2, 0) is 4.79 Å². The topological polar surface area (TPSA) is 112 Å². The van der Waals surface area contributed by atoms with Crippen LogP contribution in [0, 0.1) is 10.1 Å². The van der Waals surface area contributed by atoms with Crippen molar-refractivity contribution in [1.82, 2.24) is 0 Å². The molecule has 1 N–H and O–H groups in total. The normalized spacial score (nSPS) is 9.56. The maximum Gasteiger partial charge on any atom is 0.293 e. The fourth-order valence-corrected chi connectivity index (χ4v) is 1.11. The largest absolute Gasteiger partial charge is 0.545 e. The minimum atomic E-state index is -1.52. The summed E-state index contributed by atoms with van der Waals surface area (Å²) < 4.78 is 0. The maximum atomic E-state index is 10.7. The monoisotopic (exact) mass is 223 g/mol. The van der Waals surface area contributed by atoms with Gasteiger partial charge in [0.1, 0.15) is 5.69 Å². The number of nitro groups is 1. The molecule has 84 valence electrons. The zero-order valence-electron chi connectivity index (χ0n) is 8.22. The first kappa shape index (κ1) is 11.6. The van der Waals surface area contributed by atoms with Gasteiger partial charge in [0.15, 0.2) is 0 Å². The lowest BCUT2D eigenvalue weighted by molar-refractivity contribution is -0.384. The second-order valence-electron chi connectivity index (χ2n) is 2.96. The smallest absolute Gasteiger partial charge is 0.293 e. The van der Waals surface area contributed by atoms with Crippen LogP contribution in [0.2, 0.25) is 0 Å². The van der Waals surface area contributed by atoms with Gasteiger partial charge in [0.2, 0.25) is 5.91 Å². The molecule has 0 heterocycles. The Morgan fingerprint density at radius 2 is 2.00 bits per heavy atom. The van der Waals surface area contributed by atoms with Gasteiger partial charge in [-0.15, -0.1) is 0 Å². The molecule has 0 aliphatic carbocycles. The standard InChI is InChI=1S/C9H8N2O5/c1-5(12)10-7-3-2-6(9(13)14)4-8(7)11(15)16/h2-4H,1H3,(H,10,12)(H,13,14)/p-1. The first-order valence-electron chi connectivity index (χ1n) is 4.19. The Morgan fingerprint density at radius 3 is 2.44 bits per heavy atom. The number of nitro benzene ring substituents is 1. The average molecular weight is 223 g/mol. The van der Waals surface area contributed by atoms with Gasteiger partial charge in [-0.1, -0.05) is 6.07 Å². The molecular formula is C9H7N2O5-. The molecule has 0 aliphatic heterocycles. The second-order valence-corrected chi connectivity index (χ2v) is 2.96. The second kappa shape index (κ2) is 4.39. The van der Waals surface area contributed by atoms with Crippen LogP contribution in [-0.4, -0.2) is 16.8 Å². The van der Waals surface area contributed by atoms with Crippen molar-refractivity contribution in [3.05, 3.63) is 33.9 Å². The Kier molecular flexibility index (Phi) is 3.19. The van der Waals surface area contributed by atoms with Crippen LogP contribution in [0.15, 0.2) is 18.2 Å². The number of nitrogens with zero attached hydrogens (tertiary/aromatic N) is 1. The van der Waals surface area contributed by atoms with Crippen LogP contribution in [0.4, 0.5) is 11.4 Å². The summed E-state index contributed by atoms with van der Waals surface area (Å²) in [5.74, 6) is -2.00. The van der Waals surface area contributed by atoms with Crippen molar-refractivity contribution in [2.24, 2.45) is 0 Å². The number of anilines is 1. The number of benzene rings is 1. The maximum absolute atomic E-state index is 10.7. The molecule has 1 aromatic rings. The van der Waals surface area contributed by atoms with E-state index in [1.165, 1.54) is 6.92 Å². The first-order valence-corrected chi connectivity index (χ1v) is 4.19. The summed E-state index contributed by atoms with van der Waals surface area (Å²) in [6.07, 6.45) is 0. The number of carbonyl (C=O) groups excluding carboxylic acids is 2. The van der Waals surface area contributed by atoms with Gasteiger partial charge in [-0.2, -0.15) is 0 Å². The highest BCUT2D eigenvalue weighted by molar-refractivity contribution is 5.93. The molecule has 0 atom stereocenters. The summed E-state index contributed by atoms with van der Waals surface area (Å²) in [4.78, 5) is 31.1. The van der Waals surface area contributed by atoms with Crippen LogP contribution in [0.1, 0.15) is 17.3 Å². The van der Waals surface area contributed by atoms with Crippen LogP contribution in [0.5, 0.6) is 0 Å². The zero-order valence-corrected chi connectivity index (χ0v) is 8.22. The molecule has 1 aromatic carbocycles. The molecule has 7 nitrogen and oxygen atoms in total. The molecule has 0 bridgehead atoms. The van der Waals surface area contributed by atoms with Gasteiger partial charge in [0.25, 0.3) is 5.69 Å². The predicted molar refractivity (Wildman–Crippen MR) is 51.7 cm³/mol. The van der Waals surface area contributed by atoms with Crippen LogP contribution < -0.4 is 10.4 Å². The minimum Gasteiger partial charge on any atom is -0.545 e. The van der Waals surface area contributed by atoms with Crippen LogP contribution in [0.3, 0.4) is 0 Å². The Balaban J connectivity index is 3.24. The third kappa shape index (κ3) is 2.53. The molecule has 0 fully saturated rings. The molecule has 1 amide bonds. The van der Waals surface area contributed by atoms with E-state index in [4.69, 9.17) is 0 Å². The molecule has 0 aromatic heterocycles. The van der Waals surface area contributed by atoms with Gasteiger partial charge in [-0.3, -0.25) is 14.9 Å². The molecule has 1 rings (SSSR count). The van der Waals surface area contributed by atoms with E-state index in [2.05, 4.69) is 5.32 Å². The summed E-state index contributed by atoms with van der Waals surface area (Å²) in [6, 6.07) is 3.10. The molecule has 0 saturated heterocycles. The van der Waals surface area contributed by atoms with Crippen molar-refractivity contribution < 1.29 is 19.6 Å². The minimum absolute atomic E-state index is 0.0532. The van der Waals surface area contributed by atoms with Crippen molar-refractivity contribution in [2.45, 2.75) is 6.92 Å². The van der Waals surface area contributed by atoms with E-state index >= 15 is 0 Å². The van der Waals surface area contributed by atoms with Crippen molar-refractivity contribution in [1.29, 1.82) is 0 Å². The number of hydrogen-bond acceptors (Lipinski definition) is 5. The van der Waals surface area contributed by atoms with Gasteiger partial charge in [-0.05, 0) is 6.07 Å². The van der Waals surface area contributed by atoms with E-state index in [0.717, 1.165) is 18.2 Å². The van der Waals surface area contributed by atoms with Gasteiger partial charge >= 0.3 is 0 Å². The molecule has 0 saturated carbocycles. The SMILES string of the molecule is CC(=O)Nc1ccc(C(=O)[O-])cc1[N+](=O)[O-]. The number of nitrogens with one attached hydrogen (secondary N) is 1. The van der Waals surface area contributed by atoms with Crippen LogP contribution in [0.25, 0.3) is 0 Å². The van der Waals surface area contributed by atoms with Gasteiger partial charge in [0, 0.05) is 18.6 Å². The number of carbonyl (C=O) groups is 2. The lowest BCUT2D eigenvalue weighted by Gasteiger charge is -2.06. The molecule has 0 spiro atoms. The number of rotatable bonds is 3. The summed E-state index contributed by atoms with van der Waals surface area (Å²) >= 11 is 0. The van der Waals surface area contributed by atoms with Gasteiger partial charge < -0.3 is 15.2 Å².